The van der Waals surface area contributed by atoms with Crippen LogP contribution < -0.4 is 5.32 Å². The Labute approximate surface area is 100.0 Å². The van der Waals surface area contributed by atoms with Crippen LogP contribution in [0, 0.1) is 12.7 Å². The monoisotopic (exact) mass is 237 g/mol. The average molecular weight is 237 g/mol. The Kier molecular flexibility index (Phi) is 3.74. The van der Waals surface area contributed by atoms with Crippen molar-refractivity contribution in [3.63, 3.8) is 0 Å². The summed E-state index contributed by atoms with van der Waals surface area (Å²) in [6, 6.07) is 4.58. The zero-order valence-electron chi connectivity index (χ0n) is 9.83. The number of halogens is 1. The predicted octanol–water partition coefficient (Wildman–Crippen LogP) is 2.04. The van der Waals surface area contributed by atoms with Crippen molar-refractivity contribution in [1.29, 1.82) is 0 Å². The van der Waals surface area contributed by atoms with Crippen molar-refractivity contribution >= 4 is 5.91 Å². The van der Waals surface area contributed by atoms with Crippen molar-refractivity contribution in [2.45, 2.75) is 25.8 Å². The van der Waals surface area contributed by atoms with E-state index in [1.165, 1.54) is 12.1 Å². The fraction of sp³-hybridized carbons (Fsp3) is 0.462. The molecule has 0 atom stereocenters. The molecular weight excluding hydrogens is 221 g/mol. The molecule has 4 heteroatoms. The van der Waals surface area contributed by atoms with Gasteiger partial charge in [-0.25, -0.2) is 4.39 Å². The zero-order chi connectivity index (χ0) is 12.3. The maximum Gasteiger partial charge on any atom is 0.251 e. The molecule has 1 aliphatic rings. The summed E-state index contributed by atoms with van der Waals surface area (Å²) >= 11 is 0. The lowest BCUT2D eigenvalue weighted by Crippen LogP contribution is -2.38. The highest BCUT2D eigenvalue weighted by Gasteiger charge is 2.17. The lowest BCUT2D eigenvalue weighted by atomic mass is 10.1. The van der Waals surface area contributed by atoms with E-state index in [0.29, 0.717) is 24.3 Å². The van der Waals surface area contributed by atoms with Crippen molar-refractivity contribution in [2.75, 3.05) is 13.2 Å². The molecule has 1 saturated heterocycles. The van der Waals surface area contributed by atoms with Crippen molar-refractivity contribution in [2.24, 2.45) is 0 Å². The molecule has 3 nitrogen and oxygen atoms in total. The van der Waals surface area contributed by atoms with Crippen molar-refractivity contribution in [3.05, 3.63) is 35.1 Å². The number of hydrogen-bond acceptors (Lipinski definition) is 2. The lowest BCUT2D eigenvalue weighted by molar-refractivity contribution is 0.0696. The molecule has 0 unspecified atom stereocenters. The van der Waals surface area contributed by atoms with Crippen LogP contribution in [0.1, 0.15) is 28.8 Å². The lowest BCUT2D eigenvalue weighted by Gasteiger charge is -2.23. The minimum absolute atomic E-state index is 0.139. The summed E-state index contributed by atoms with van der Waals surface area (Å²) in [5.41, 5.74) is 1.00. The van der Waals surface area contributed by atoms with Crippen molar-refractivity contribution in [3.8, 4) is 0 Å². The number of carbonyl (C=O) groups excluding carboxylic acids is 1. The smallest absolute Gasteiger partial charge is 0.251 e. The summed E-state index contributed by atoms with van der Waals surface area (Å²) in [5.74, 6) is -0.424. The molecule has 0 aliphatic carbocycles. The minimum atomic E-state index is -0.285. The van der Waals surface area contributed by atoms with Crippen molar-refractivity contribution in [1.82, 2.24) is 5.32 Å². The molecule has 1 amide bonds. The van der Waals surface area contributed by atoms with E-state index in [-0.39, 0.29) is 17.8 Å². The largest absolute Gasteiger partial charge is 0.381 e. The third kappa shape index (κ3) is 3.03. The van der Waals surface area contributed by atoms with Crippen LogP contribution in [-0.2, 0) is 4.74 Å². The summed E-state index contributed by atoms with van der Waals surface area (Å²) in [4.78, 5) is 11.9. The number of carbonyl (C=O) groups is 1. The Balaban J connectivity index is 2.01. The van der Waals surface area contributed by atoms with Crippen LogP contribution in [0.4, 0.5) is 4.39 Å². The molecule has 0 saturated carbocycles. The second kappa shape index (κ2) is 5.27. The molecule has 1 aliphatic heterocycles. The van der Waals surface area contributed by atoms with Crippen LogP contribution in [-0.4, -0.2) is 25.2 Å². The van der Waals surface area contributed by atoms with Gasteiger partial charge in [-0.05, 0) is 43.5 Å². The van der Waals surface area contributed by atoms with E-state index in [2.05, 4.69) is 5.32 Å². The van der Waals surface area contributed by atoms with Gasteiger partial charge in [-0.1, -0.05) is 0 Å². The number of aryl methyl sites for hydroxylation is 1. The van der Waals surface area contributed by atoms with Gasteiger partial charge in [0, 0.05) is 24.8 Å². The summed E-state index contributed by atoms with van der Waals surface area (Å²) in [6.07, 6.45) is 1.68. The van der Waals surface area contributed by atoms with E-state index in [0.717, 1.165) is 12.8 Å². The molecule has 0 spiro atoms. The van der Waals surface area contributed by atoms with E-state index in [1.54, 1.807) is 13.0 Å². The first kappa shape index (κ1) is 12.0. The fourth-order valence-electron chi connectivity index (χ4n) is 1.90. The maximum atomic E-state index is 13.1. The number of nitrogens with one attached hydrogen (secondary N) is 1. The van der Waals surface area contributed by atoms with Crippen LogP contribution in [0.25, 0.3) is 0 Å². The van der Waals surface area contributed by atoms with E-state index < -0.39 is 0 Å². The summed E-state index contributed by atoms with van der Waals surface area (Å²) in [7, 11) is 0. The van der Waals surface area contributed by atoms with Crippen LogP contribution >= 0.6 is 0 Å². The Morgan fingerprint density at radius 2 is 2.12 bits per heavy atom. The average Bonchev–Trinajstić information content (AvgIpc) is 2.34. The van der Waals surface area contributed by atoms with Gasteiger partial charge < -0.3 is 10.1 Å². The van der Waals surface area contributed by atoms with Gasteiger partial charge in [0.05, 0.1) is 0 Å². The number of hydrogen-bond donors (Lipinski definition) is 1. The van der Waals surface area contributed by atoms with E-state index in [1.807, 2.05) is 0 Å². The summed E-state index contributed by atoms with van der Waals surface area (Å²) < 4.78 is 18.3. The normalized spacial score (nSPS) is 16.8. The minimum Gasteiger partial charge on any atom is -0.381 e. The standard InChI is InChI=1S/C13H16FNO2/c1-9-8-10(2-3-12(9)14)13(16)15-11-4-6-17-7-5-11/h2-3,8,11H,4-7H2,1H3,(H,15,16). The Morgan fingerprint density at radius 1 is 1.41 bits per heavy atom. The van der Waals surface area contributed by atoms with Crippen LogP contribution in [0.5, 0.6) is 0 Å². The maximum absolute atomic E-state index is 13.1. The predicted molar refractivity (Wildman–Crippen MR) is 62.4 cm³/mol. The number of rotatable bonds is 2. The van der Waals surface area contributed by atoms with Gasteiger partial charge in [-0.3, -0.25) is 4.79 Å². The highest BCUT2D eigenvalue weighted by atomic mass is 19.1. The fourth-order valence-corrected chi connectivity index (χ4v) is 1.90. The molecule has 17 heavy (non-hydrogen) atoms. The topological polar surface area (TPSA) is 38.3 Å². The van der Waals surface area contributed by atoms with Gasteiger partial charge in [0.1, 0.15) is 5.82 Å². The first-order valence-corrected chi connectivity index (χ1v) is 5.81. The van der Waals surface area contributed by atoms with Gasteiger partial charge in [0.25, 0.3) is 5.91 Å². The Morgan fingerprint density at radius 3 is 2.76 bits per heavy atom. The molecule has 92 valence electrons. The molecular formula is C13H16FNO2. The number of benzene rings is 1. The van der Waals surface area contributed by atoms with Gasteiger partial charge in [-0.15, -0.1) is 0 Å². The first-order valence-electron chi connectivity index (χ1n) is 5.81. The first-order chi connectivity index (χ1) is 8.16. The molecule has 1 heterocycles. The zero-order valence-corrected chi connectivity index (χ0v) is 9.83. The van der Waals surface area contributed by atoms with Gasteiger partial charge >= 0.3 is 0 Å². The highest BCUT2D eigenvalue weighted by molar-refractivity contribution is 5.94. The number of amides is 1. The Hall–Kier alpha value is -1.42. The molecule has 0 aromatic heterocycles. The molecule has 1 aromatic carbocycles. The third-order valence-corrected chi connectivity index (χ3v) is 2.98. The van der Waals surface area contributed by atoms with E-state index >= 15 is 0 Å². The van der Waals surface area contributed by atoms with Crippen LogP contribution in [0.15, 0.2) is 18.2 Å². The third-order valence-electron chi connectivity index (χ3n) is 2.98. The quantitative estimate of drug-likeness (QED) is 0.854. The molecule has 0 bridgehead atoms. The van der Waals surface area contributed by atoms with Gasteiger partial charge in [0.15, 0.2) is 0 Å². The van der Waals surface area contributed by atoms with Crippen LogP contribution in [0.3, 0.4) is 0 Å². The molecule has 1 N–H and O–H groups in total. The highest BCUT2D eigenvalue weighted by Crippen LogP contribution is 2.11. The SMILES string of the molecule is Cc1cc(C(=O)NC2CCOCC2)ccc1F. The summed E-state index contributed by atoms with van der Waals surface area (Å²) in [6.45, 7) is 3.03. The second-order valence-corrected chi connectivity index (χ2v) is 4.32. The molecule has 2 rings (SSSR count). The number of ether oxygens (including phenoxy) is 1. The molecule has 1 aromatic rings. The molecule has 1 fully saturated rings. The van der Waals surface area contributed by atoms with Gasteiger partial charge in [0.2, 0.25) is 0 Å². The van der Waals surface area contributed by atoms with Crippen molar-refractivity contribution < 1.29 is 13.9 Å². The summed E-state index contributed by atoms with van der Waals surface area (Å²) in [5, 5.41) is 2.94. The second-order valence-electron chi connectivity index (χ2n) is 4.32. The molecule has 0 radical (unpaired) electrons. The van der Waals surface area contributed by atoms with Gasteiger partial charge in [-0.2, -0.15) is 0 Å². The van der Waals surface area contributed by atoms with Crippen LogP contribution in [0.2, 0.25) is 0 Å². The van der Waals surface area contributed by atoms with E-state index in [4.69, 9.17) is 4.74 Å². The Bertz CT molecular complexity index is 414. The van der Waals surface area contributed by atoms with E-state index in [9.17, 15) is 9.18 Å².